The Hall–Kier alpha value is -2.04. The van der Waals surface area contributed by atoms with E-state index in [0.717, 1.165) is 25.7 Å². The van der Waals surface area contributed by atoms with Crippen molar-refractivity contribution in [3.8, 4) is 0 Å². The second-order valence-corrected chi connectivity index (χ2v) is 6.44. The molecule has 1 saturated heterocycles. The number of piperidine rings is 1. The molecule has 0 aromatic heterocycles. The van der Waals surface area contributed by atoms with E-state index in [1.807, 2.05) is 25.1 Å². The molecule has 0 spiro atoms. The average Bonchev–Trinajstić information content (AvgIpc) is 3.17. The van der Waals surface area contributed by atoms with Crippen molar-refractivity contribution in [2.24, 2.45) is 5.92 Å². The van der Waals surface area contributed by atoms with E-state index in [0.29, 0.717) is 19.0 Å². The number of hydrogen-bond donors (Lipinski definition) is 2. The molecule has 1 aromatic rings. The minimum atomic E-state index is -0.295. The van der Waals surface area contributed by atoms with Crippen LogP contribution in [0.25, 0.3) is 0 Å². The predicted octanol–water partition coefficient (Wildman–Crippen LogP) is 1.93. The van der Waals surface area contributed by atoms with Crippen molar-refractivity contribution in [2.75, 3.05) is 13.1 Å². The standard InChI is InChI=1S/C18H25N3O2/c1-2-19-18(23)21-15-9-8-14(12-15)16(21)17(22)20-11-10-13-6-4-3-5-7-13/h3-7,14-16H,2,8-12H2,1H3,(H,19,23)(H,20,22). The maximum Gasteiger partial charge on any atom is 0.318 e. The van der Waals surface area contributed by atoms with Gasteiger partial charge in [0.2, 0.25) is 5.91 Å². The molecule has 1 heterocycles. The molecule has 1 aliphatic carbocycles. The van der Waals surface area contributed by atoms with E-state index in [4.69, 9.17) is 0 Å². The molecule has 3 atom stereocenters. The fourth-order valence-electron chi connectivity index (χ4n) is 3.94. The molecule has 23 heavy (non-hydrogen) atoms. The highest BCUT2D eigenvalue weighted by atomic mass is 16.2. The van der Waals surface area contributed by atoms with E-state index in [-0.39, 0.29) is 24.0 Å². The van der Waals surface area contributed by atoms with Crippen LogP contribution in [-0.2, 0) is 11.2 Å². The van der Waals surface area contributed by atoms with Crippen molar-refractivity contribution in [3.63, 3.8) is 0 Å². The van der Waals surface area contributed by atoms with Gasteiger partial charge >= 0.3 is 6.03 Å². The second-order valence-electron chi connectivity index (χ2n) is 6.44. The van der Waals surface area contributed by atoms with Crippen LogP contribution in [0, 0.1) is 5.92 Å². The van der Waals surface area contributed by atoms with Gasteiger partial charge in [-0.15, -0.1) is 0 Å². The topological polar surface area (TPSA) is 61.4 Å². The number of urea groups is 1. The summed E-state index contributed by atoms with van der Waals surface area (Å²) in [6, 6.07) is 9.96. The highest BCUT2D eigenvalue weighted by molar-refractivity contribution is 5.88. The van der Waals surface area contributed by atoms with Gasteiger partial charge in [-0.3, -0.25) is 4.79 Å². The minimum absolute atomic E-state index is 0.000570. The predicted molar refractivity (Wildman–Crippen MR) is 89.0 cm³/mol. The van der Waals surface area contributed by atoms with E-state index in [9.17, 15) is 9.59 Å². The number of amides is 3. The van der Waals surface area contributed by atoms with Gasteiger partial charge in [0, 0.05) is 19.1 Å². The van der Waals surface area contributed by atoms with Crippen LogP contribution >= 0.6 is 0 Å². The molecule has 2 aliphatic rings. The lowest BCUT2D eigenvalue weighted by Crippen LogP contribution is -2.55. The van der Waals surface area contributed by atoms with Gasteiger partial charge in [-0.25, -0.2) is 4.79 Å². The third-order valence-electron chi connectivity index (χ3n) is 4.97. The van der Waals surface area contributed by atoms with Crippen LogP contribution in [-0.4, -0.2) is 42.0 Å². The molecule has 3 unspecified atom stereocenters. The van der Waals surface area contributed by atoms with Gasteiger partial charge in [0.25, 0.3) is 0 Å². The summed E-state index contributed by atoms with van der Waals surface area (Å²) in [5.74, 6) is 0.318. The first kappa shape index (κ1) is 15.8. The van der Waals surface area contributed by atoms with Crippen LogP contribution < -0.4 is 10.6 Å². The number of hydrogen-bond acceptors (Lipinski definition) is 2. The van der Waals surface area contributed by atoms with Crippen molar-refractivity contribution in [2.45, 2.75) is 44.7 Å². The summed E-state index contributed by atoms with van der Waals surface area (Å²) in [5.41, 5.74) is 1.21. The molecular weight excluding hydrogens is 290 g/mol. The van der Waals surface area contributed by atoms with Gasteiger partial charge in [0.15, 0.2) is 0 Å². The molecule has 0 radical (unpaired) electrons. The second kappa shape index (κ2) is 7.02. The van der Waals surface area contributed by atoms with Crippen molar-refractivity contribution in [1.29, 1.82) is 0 Å². The molecule has 3 amide bonds. The van der Waals surface area contributed by atoms with Gasteiger partial charge in [-0.1, -0.05) is 30.3 Å². The number of rotatable bonds is 5. The Morgan fingerprint density at radius 3 is 2.70 bits per heavy atom. The van der Waals surface area contributed by atoms with E-state index in [2.05, 4.69) is 22.8 Å². The highest BCUT2D eigenvalue weighted by Crippen LogP contribution is 2.42. The molecule has 1 aromatic carbocycles. The number of carbonyl (C=O) groups is 2. The minimum Gasteiger partial charge on any atom is -0.354 e. The Bertz CT molecular complexity index is 561. The fraction of sp³-hybridized carbons (Fsp3) is 0.556. The number of nitrogens with one attached hydrogen (secondary N) is 2. The maximum atomic E-state index is 12.6. The zero-order valence-electron chi connectivity index (χ0n) is 13.6. The third-order valence-corrected chi connectivity index (χ3v) is 4.97. The summed E-state index contributed by atoms with van der Waals surface area (Å²) in [5, 5.41) is 5.87. The van der Waals surface area contributed by atoms with Gasteiger partial charge in [0.1, 0.15) is 6.04 Å². The van der Waals surface area contributed by atoms with Crippen molar-refractivity contribution >= 4 is 11.9 Å². The molecule has 2 N–H and O–H groups in total. The van der Waals surface area contributed by atoms with E-state index in [1.54, 1.807) is 4.90 Å². The number of likely N-dealkylation sites (tertiary alicyclic amines) is 1. The quantitative estimate of drug-likeness (QED) is 0.872. The van der Waals surface area contributed by atoms with Crippen LogP contribution in [0.1, 0.15) is 31.7 Å². The monoisotopic (exact) mass is 315 g/mol. The summed E-state index contributed by atoms with van der Waals surface area (Å²) in [7, 11) is 0. The van der Waals surface area contributed by atoms with E-state index >= 15 is 0 Å². The third kappa shape index (κ3) is 3.33. The van der Waals surface area contributed by atoms with Crippen LogP contribution in [0.2, 0.25) is 0 Å². The molecule has 2 fully saturated rings. The lowest BCUT2D eigenvalue weighted by atomic mass is 9.98. The largest absolute Gasteiger partial charge is 0.354 e. The van der Waals surface area contributed by atoms with Crippen molar-refractivity contribution in [3.05, 3.63) is 35.9 Å². The van der Waals surface area contributed by atoms with Crippen LogP contribution in [0.4, 0.5) is 4.79 Å². The Morgan fingerprint density at radius 1 is 1.17 bits per heavy atom. The van der Waals surface area contributed by atoms with Crippen LogP contribution in [0.5, 0.6) is 0 Å². The Labute approximate surface area is 137 Å². The van der Waals surface area contributed by atoms with Gasteiger partial charge in [-0.05, 0) is 44.1 Å². The lowest BCUT2D eigenvalue weighted by Gasteiger charge is -2.34. The molecule has 1 aliphatic heterocycles. The summed E-state index contributed by atoms with van der Waals surface area (Å²) >= 11 is 0. The van der Waals surface area contributed by atoms with Crippen molar-refractivity contribution < 1.29 is 9.59 Å². The number of nitrogens with zero attached hydrogens (tertiary/aromatic N) is 1. The summed E-state index contributed by atoms with van der Waals surface area (Å²) < 4.78 is 0. The molecule has 1 saturated carbocycles. The first-order valence-electron chi connectivity index (χ1n) is 8.58. The molecule has 3 rings (SSSR count). The summed E-state index contributed by atoms with van der Waals surface area (Å²) in [6.45, 7) is 3.11. The molecule has 5 heteroatoms. The Morgan fingerprint density at radius 2 is 1.96 bits per heavy atom. The summed E-state index contributed by atoms with van der Waals surface area (Å²) in [4.78, 5) is 26.7. The van der Waals surface area contributed by atoms with Crippen molar-refractivity contribution in [1.82, 2.24) is 15.5 Å². The smallest absolute Gasteiger partial charge is 0.318 e. The number of fused-ring (bicyclic) bond motifs is 2. The maximum absolute atomic E-state index is 12.6. The normalized spacial score (nSPS) is 25.4. The van der Waals surface area contributed by atoms with E-state index in [1.165, 1.54) is 5.56 Å². The van der Waals surface area contributed by atoms with Gasteiger partial charge in [-0.2, -0.15) is 0 Å². The van der Waals surface area contributed by atoms with Gasteiger partial charge in [0.05, 0.1) is 0 Å². The summed E-state index contributed by atoms with van der Waals surface area (Å²) in [6.07, 6.45) is 3.86. The Kier molecular flexibility index (Phi) is 4.84. The zero-order chi connectivity index (χ0) is 16.2. The Balaban J connectivity index is 1.58. The first-order valence-corrected chi connectivity index (χ1v) is 8.58. The fourth-order valence-corrected chi connectivity index (χ4v) is 3.94. The van der Waals surface area contributed by atoms with Gasteiger partial charge < -0.3 is 15.5 Å². The first-order chi connectivity index (χ1) is 11.2. The molecule has 5 nitrogen and oxygen atoms in total. The molecular formula is C18H25N3O2. The molecule has 124 valence electrons. The lowest BCUT2D eigenvalue weighted by molar-refractivity contribution is -0.126. The molecule has 2 bridgehead atoms. The van der Waals surface area contributed by atoms with Crippen LogP contribution in [0.3, 0.4) is 0 Å². The average molecular weight is 315 g/mol. The SMILES string of the molecule is CCNC(=O)N1C2CCC(C2)C1C(=O)NCCc1ccccc1. The zero-order valence-corrected chi connectivity index (χ0v) is 13.6. The highest BCUT2D eigenvalue weighted by Gasteiger charge is 2.51. The van der Waals surface area contributed by atoms with Crippen LogP contribution in [0.15, 0.2) is 30.3 Å². The number of carbonyl (C=O) groups excluding carboxylic acids is 2. The van der Waals surface area contributed by atoms with E-state index < -0.39 is 0 Å². The number of benzene rings is 1.